The number of nitrogens with zero attached hydrogens (tertiary/aromatic N) is 1. The SMILES string of the molecule is CCOc1cc(NC(=O)c2ccccc2)c(OCC)cc1NC(=O)CN(C)S(C)(=O)=O. The predicted molar refractivity (Wildman–Crippen MR) is 119 cm³/mol. The number of nitrogens with one attached hydrogen (secondary N) is 2. The fraction of sp³-hybridized carbons (Fsp3) is 0.333. The lowest BCUT2D eigenvalue weighted by Crippen LogP contribution is -2.34. The van der Waals surface area contributed by atoms with Gasteiger partial charge < -0.3 is 20.1 Å². The maximum atomic E-state index is 12.6. The summed E-state index contributed by atoms with van der Waals surface area (Å²) in [6, 6.07) is 11.8. The van der Waals surface area contributed by atoms with Crippen LogP contribution in [0.15, 0.2) is 42.5 Å². The summed E-state index contributed by atoms with van der Waals surface area (Å²) in [5, 5.41) is 5.45. The van der Waals surface area contributed by atoms with E-state index in [2.05, 4.69) is 10.6 Å². The first-order valence-electron chi connectivity index (χ1n) is 9.66. The molecule has 0 spiro atoms. The monoisotopic (exact) mass is 449 g/mol. The highest BCUT2D eigenvalue weighted by atomic mass is 32.2. The third-order valence-corrected chi connectivity index (χ3v) is 5.43. The zero-order chi connectivity index (χ0) is 23.0. The van der Waals surface area contributed by atoms with Gasteiger partial charge in [-0.05, 0) is 26.0 Å². The topological polar surface area (TPSA) is 114 Å². The van der Waals surface area contributed by atoms with Gasteiger partial charge >= 0.3 is 0 Å². The lowest BCUT2D eigenvalue weighted by molar-refractivity contribution is -0.116. The van der Waals surface area contributed by atoms with Crippen LogP contribution in [-0.4, -0.2) is 57.6 Å². The van der Waals surface area contributed by atoms with Gasteiger partial charge in [-0.2, -0.15) is 4.31 Å². The number of hydrogen-bond donors (Lipinski definition) is 2. The van der Waals surface area contributed by atoms with E-state index in [-0.39, 0.29) is 12.5 Å². The van der Waals surface area contributed by atoms with E-state index in [0.717, 1.165) is 10.6 Å². The Morgan fingerprint density at radius 1 is 0.935 bits per heavy atom. The summed E-state index contributed by atoms with van der Waals surface area (Å²) in [5.74, 6) is -0.223. The molecule has 0 aromatic heterocycles. The summed E-state index contributed by atoms with van der Waals surface area (Å²) in [5.41, 5.74) is 1.16. The van der Waals surface area contributed by atoms with Gasteiger partial charge in [-0.25, -0.2) is 8.42 Å². The number of amides is 2. The van der Waals surface area contributed by atoms with Gasteiger partial charge in [0.1, 0.15) is 11.5 Å². The summed E-state index contributed by atoms with van der Waals surface area (Å²) in [6.07, 6.45) is 1.02. The number of anilines is 2. The summed E-state index contributed by atoms with van der Waals surface area (Å²) in [6.45, 7) is 3.85. The number of ether oxygens (including phenoxy) is 2. The summed E-state index contributed by atoms with van der Waals surface area (Å²) < 4.78 is 35.3. The first-order valence-corrected chi connectivity index (χ1v) is 11.5. The molecule has 0 aliphatic rings. The second-order valence-electron chi connectivity index (χ2n) is 6.60. The van der Waals surface area contributed by atoms with Gasteiger partial charge in [0.05, 0.1) is 37.4 Å². The second-order valence-corrected chi connectivity index (χ2v) is 8.69. The molecule has 0 saturated carbocycles. The molecular formula is C21H27N3O6S. The molecule has 2 aromatic carbocycles. The van der Waals surface area contributed by atoms with Crippen LogP contribution in [0.3, 0.4) is 0 Å². The van der Waals surface area contributed by atoms with Crippen LogP contribution in [0.4, 0.5) is 11.4 Å². The molecule has 2 N–H and O–H groups in total. The van der Waals surface area contributed by atoms with Gasteiger partial charge in [-0.15, -0.1) is 0 Å². The normalized spacial score (nSPS) is 11.1. The van der Waals surface area contributed by atoms with Gasteiger partial charge in [0, 0.05) is 24.7 Å². The second kappa shape index (κ2) is 10.8. The molecule has 2 rings (SSSR count). The zero-order valence-corrected chi connectivity index (χ0v) is 18.8. The minimum atomic E-state index is -3.50. The van der Waals surface area contributed by atoms with Crippen LogP contribution < -0.4 is 20.1 Å². The number of hydrogen-bond acceptors (Lipinski definition) is 6. The fourth-order valence-electron chi connectivity index (χ4n) is 2.60. The Bertz CT molecular complexity index is 1020. The molecule has 2 amide bonds. The number of rotatable bonds is 10. The van der Waals surface area contributed by atoms with Crippen LogP contribution in [0, 0.1) is 0 Å². The Balaban J connectivity index is 2.33. The average Bonchev–Trinajstić information content (AvgIpc) is 2.71. The quantitative estimate of drug-likeness (QED) is 0.576. The van der Waals surface area contributed by atoms with Crippen molar-refractivity contribution in [3.05, 3.63) is 48.0 Å². The van der Waals surface area contributed by atoms with E-state index in [4.69, 9.17) is 9.47 Å². The van der Waals surface area contributed by atoms with E-state index in [9.17, 15) is 18.0 Å². The van der Waals surface area contributed by atoms with E-state index < -0.39 is 15.9 Å². The molecule has 0 radical (unpaired) electrons. The summed E-state index contributed by atoms with van der Waals surface area (Å²) in [4.78, 5) is 24.9. The van der Waals surface area contributed by atoms with E-state index in [0.29, 0.717) is 41.7 Å². The van der Waals surface area contributed by atoms with Crippen molar-refractivity contribution in [2.24, 2.45) is 0 Å². The van der Waals surface area contributed by atoms with Gasteiger partial charge in [0.2, 0.25) is 15.9 Å². The van der Waals surface area contributed by atoms with Crippen molar-refractivity contribution in [2.75, 3.05) is 43.7 Å². The molecule has 9 nitrogen and oxygen atoms in total. The average molecular weight is 450 g/mol. The van der Waals surface area contributed by atoms with Crippen LogP contribution in [0.25, 0.3) is 0 Å². The van der Waals surface area contributed by atoms with Crippen molar-refractivity contribution in [3.63, 3.8) is 0 Å². The molecule has 0 saturated heterocycles. The zero-order valence-electron chi connectivity index (χ0n) is 18.0. The third-order valence-electron chi connectivity index (χ3n) is 4.17. The smallest absolute Gasteiger partial charge is 0.255 e. The highest BCUT2D eigenvalue weighted by molar-refractivity contribution is 7.88. The predicted octanol–water partition coefficient (Wildman–Crippen LogP) is 2.57. The van der Waals surface area contributed by atoms with Crippen molar-refractivity contribution in [1.29, 1.82) is 0 Å². The molecule has 31 heavy (non-hydrogen) atoms. The van der Waals surface area contributed by atoms with Crippen molar-refractivity contribution >= 4 is 33.2 Å². The summed E-state index contributed by atoms with van der Waals surface area (Å²) in [7, 11) is -2.19. The largest absolute Gasteiger partial charge is 0.492 e. The minimum absolute atomic E-state index is 0.301. The van der Waals surface area contributed by atoms with Crippen LogP contribution >= 0.6 is 0 Å². The maximum absolute atomic E-state index is 12.6. The van der Waals surface area contributed by atoms with E-state index in [1.54, 1.807) is 44.2 Å². The Labute approximate surface area is 182 Å². The molecule has 0 heterocycles. The molecule has 2 aromatic rings. The van der Waals surface area contributed by atoms with E-state index in [1.807, 2.05) is 6.07 Å². The number of benzene rings is 2. The lowest BCUT2D eigenvalue weighted by atomic mass is 10.2. The molecule has 0 fully saturated rings. The molecular weight excluding hydrogens is 422 g/mol. The molecule has 168 valence electrons. The summed E-state index contributed by atoms with van der Waals surface area (Å²) >= 11 is 0. The first-order chi connectivity index (χ1) is 14.7. The minimum Gasteiger partial charge on any atom is -0.492 e. The number of sulfonamides is 1. The maximum Gasteiger partial charge on any atom is 0.255 e. The van der Waals surface area contributed by atoms with Crippen molar-refractivity contribution in [3.8, 4) is 11.5 Å². The molecule has 10 heteroatoms. The third kappa shape index (κ3) is 6.97. The standard InChI is InChI=1S/C21H27N3O6S/c1-5-29-18-13-17(23-21(26)15-10-8-7-9-11-15)19(30-6-2)12-16(18)22-20(25)14-24(3)31(4,27)28/h7-13H,5-6,14H2,1-4H3,(H,22,25)(H,23,26). The van der Waals surface area contributed by atoms with Gasteiger partial charge in [0.15, 0.2) is 0 Å². The van der Waals surface area contributed by atoms with Crippen LogP contribution in [-0.2, 0) is 14.8 Å². The number of carbonyl (C=O) groups is 2. The van der Waals surface area contributed by atoms with E-state index >= 15 is 0 Å². The van der Waals surface area contributed by atoms with Crippen molar-refractivity contribution in [2.45, 2.75) is 13.8 Å². The van der Waals surface area contributed by atoms with Crippen LogP contribution in [0.1, 0.15) is 24.2 Å². The highest BCUT2D eigenvalue weighted by Gasteiger charge is 2.19. The molecule has 0 aliphatic heterocycles. The number of likely N-dealkylation sites (N-methyl/N-ethyl adjacent to an activating group) is 1. The Hall–Kier alpha value is -3.11. The number of carbonyl (C=O) groups excluding carboxylic acids is 2. The molecule has 0 aliphatic carbocycles. The Morgan fingerprint density at radius 3 is 1.94 bits per heavy atom. The van der Waals surface area contributed by atoms with Crippen LogP contribution in [0.2, 0.25) is 0 Å². The molecule has 0 atom stereocenters. The van der Waals surface area contributed by atoms with Gasteiger partial charge in [-0.3, -0.25) is 9.59 Å². The van der Waals surface area contributed by atoms with Crippen molar-refractivity contribution in [1.82, 2.24) is 4.31 Å². The molecule has 0 bridgehead atoms. The van der Waals surface area contributed by atoms with Crippen molar-refractivity contribution < 1.29 is 27.5 Å². The van der Waals surface area contributed by atoms with E-state index in [1.165, 1.54) is 13.1 Å². The van der Waals surface area contributed by atoms with Gasteiger partial charge in [-0.1, -0.05) is 18.2 Å². The Morgan fingerprint density at radius 2 is 1.45 bits per heavy atom. The molecule has 0 unspecified atom stereocenters. The highest BCUT2D eigenvalue weighted by Crippen LogP contribution is 2.37. The lowest BCUT2D eigenvalue weighted by Gasteiger charge is -2.19. The van der Waals surface area contributed by atoms with Gasteiger partial charge in [0.25, 0.3) is 5.91 Å². The fourth-order valence-corrected chi connectivity index (χ4v) is 2.95. The first kappa shape index (κ1) is 24.2. The van der Waals surface area contributed by atoms with Crippen LogP contribution in [0.5, 0.6) is 11.5 Å². The Kier molecular flexibility index (Phi) is 8.40.